The van der Waals surface area contributed by atoms with E-state index in [0.29, 0.717) is 23.5 Å². The average Bonchev–Trinajstić information content (AvgIpc) is 3.36. The largest absolute Gasteiger partial charge is 0.508 e. The molecular weight excluding hydrogens is 386 g/mol. The van der Waals surface area contributed by atoms with E-state index < -0.39 is 17.7 Å². The number of hydrogen-bond acceptors (Lipinski definition) is 6. The molecule has 2 aromatic carbocycles. The molecule has 2 unspecified atom stereocenters. The van der Waals surface area contributed by atoms with Crippen LogP contribution >= 0.6 is 0 Å². The van der Waals surface area contributed by atoms with Crippen LogP contribution in [0.15, 0.2) is 54.1 Å². The molecule has 7 heteroatoms. The minimum atomic E-state index is -0.777. The molecule has 2 aliphatic rings. The van der Waals surface area contributed by atoms with E-state index in [9.17, 15) is 19.8 Å². The molecule has 2 aliphatic heterocycles. The number of carbonyl (C=O) groups is 2. The summed E-state index contributed by atoms with van der Waals surface area (Å²) in [4.78, 5) is 27.3. The summed E-state index contributed by atoms with van der Waals surface area (Å²) in [6.45, 7) is 0.882. The summed E-state index contributed by atoms with van der Waals surface area (Å²) >= 11 is 0. The van der Waals surface area contributed by atoms with E-state index >= 15 is 0 Å². The number of nitrogens with zero attached hydrogens (tertiary/aromatic N) is 1. The number of carbonyl (C=O) groups excluding carboxylic acids is 2. The molecular formula is C23H23NO6. The maximum absolute atomic E-state index is 13.0. The van der Waals surface area contributed by atoms with Crippen LogP contribution in [0.5, 0.6) is 11.5 Å². The van der Waals surface area contributed by atoms with Gasteiger partial charge in [-0.15, -0.1) is 0 Å². The third-order valence-corrected chi connectivity index (χ3v) is 5.52. The molecule has 2 saturated heterocycles. The van der Waals surface area contributed by atoms with Crippen LogP contribution in [0, 0.1) is 0 Å². The Labute approximate surface area is 174 Å². The monoisotopic (exact) mass is 409 g/mol. The quantitative estimate of drug-likeness (QED) is 0.448. The second kappa shape index (κ2) is 8.20. The fourth-order valence-electron chi connectivity index (χ4n) is 4.01. The van der Waals surface area contributed by atoms with Gasteiger partial charge in [-0.2, -0.15) is 0 Å². The molecule has 2 atom stereocenters. The van der Waals surface area contributed by atoms with Crippen molar-refractivity contribution >= 4 is 17.4 Å². The van der Waals surface area contributed by atoms with E-state index in [0.717, 1.165) is 12.8 Å². The number of ketones is 1. The highest BCUT2D eigenvalue weighted by atomic mass is 16.5. The molecule has 0 bridgehead atoms. The first-order valence-corrected chi connectivity index (χ1v) is 9.83. The van der Waals surface area contributed by atoms with Crippen molar-refractivity contribution in [2.24, 2.45) is 0 Å². The van der Waals surface area contributed by atoms with Crippen molar-refractivity contribution in [1.82, 2.24) is 4.90 Å². The van der Waals surface area contributed by atoms with Gasteiger partial charge < -0.3 is 24.6 Å². The molecule has 0 spiro atoms. The maximum atomic E-state index is 13.0. The SMILES string of the molecule is COc1cccc(/C(O)=C2/C(=O)C(=O)N(CC3CCCO3)C2c2ccc(O)cc2)c1. The highest BCUT2D eigenvalue weighted by molar-refractivity contribution is 6.46. The van der Waals surface area contributed by atoms with Crippen LogP contribution in [0.4, 0.5) is 0 Å². The second-order valence-electron chi connectivity index (χ2n) is 7.41. The van der Waals surface area contributed by atoms with Crippen LogP contribution in [-0.2, 0) is 14.3 Å². The smallest absolute Gasteiger partial charge is 0.295 e. The molecule has 2 aromatic rings. The van der Waals surface area contributed by atoms with Crippen LogP contribution in [0.3, 0.4) is 0 Å². The van der Waals surface area contributed by atoms with Gasteiger partial charge >= 0.3 is 0 Å². The van der Waals surface area contributed by atoms with Gasteiger partial charge in [-0.3, -0.25) is 9.59 Å². The molecule has 2 N–H and O–H groups in total. The van der Waals surface area contributed by atoms with Gasteiger partial charge in [0.25, 0.3) is 11.7 Å². The minimum absolute atomic E-state index is 0.0111. The summed E-state index contributed by atoms with van der Waals surface area (Å²) in [5.41, 5.74) is 1.01. The number of methoxy groups -OCH3 is 1. The third kappa shape index (κ3) is 3.64. The van der Waals surface area contributed by atoms with Gasteiger partial charge in [0, 0.05) is 18.7 Å². The van der Waals surface area contributed by atoms with Crippen LogP contribution in [-0.4, -0.2) is 53.2 Å². The number of aliphatic hydroxyl groups excluding tert-OH is 1. The molecule has 0 saturated carbocycles. The van der Waals surface area contributed by atoms with Gasteiger partial charge in [0.05, 0.1) is 24.8 Å². The highest BCUT2D eigenvalue weighted by Gasteiger charge is 2.47. The lowest BCUT2D eigenvalue weighted by atomic mass is 9.95. The van der Waals surface area contributed by atoms with E-state index in [4.69, 9.17) is 9.47 Å². The van der Waals surface area contributed by atoms with Gasteiger partial charge in [-0.05, 0) is 42.7 Å². The van der Waals surface area contributed by atoms with Gasteiger partial charge in [-0.25, -0.2) is 0 Å². The normalized spacial score (nSPS) is 23.2. The Morgan fingerprint density at radius 2 is 1.97 bits per heavy atom. The Morgan fingerprint density at radius 1 is 1.20 bits per heavy atom. The lowest BCUT2D eigenvalue weighted by Gasteiger charge is -2.27. The Bertz CT molecular complexity index is 991. The molecule has 0 aliphatic carbocycles. The van der Waals surface area contributed by atoms with E-state index in [-0.39, 0.29) is 29.7 Å². The Kier molecular flexibility index (Phi) is 5.46. The van der Waals surface area contributed by atoms with Crippen LogP contribution in [0.25, 0.3) is 5.76 Å². The topological polar surface area (TPSA) is 96.3 Å². The van der Waals surface area contributed by atoms with Gasteiger partial charge in [0.15, 0.2) is 0 Å². The lowest BCUT2D eigenvalue weighted by molar-refractivity contribution is -0.140. The molecule has 2 heterocycles. The van der Waals surface area contributed by atoms with E-state index in [1.807, 2.05) is 0 Å². The zero-order valence-electron chi connectivity index (χ0n) is 16.6. The number of aromatic hydroxyl groups is 1. The number of phenolic OH excluding ortho intramolecular Hbond substituents is 1. The predicted molar refractivity (Wildman–Crippen MR) is 109 cm³/mol. The highest BCUT2D eigenvalue weighted by Crippen LogP contribution is 2.40. The van der Waals surface area contributed by atoms with Gasteiger partial charge in [0.1, 0.15) is 17.3 Å². The van der Waals surface area contributed by atoms with Crippen LogP contribution in [0.2, 0.25) is 0 Å². The first-order chi connectivity index (χ1) is 14.5. The lowest BCUT2D eigenvalue weighted by Crippen LogP contribution is -2.36. The summed E-state index contributed by atoms with van der Waals surface area (Å²) in [6, 6.07) is 12.2. The molecule has 7 nitrogen and oxygen atoms in total. The van der Waals surface area contributed by atoms with E-state index in [1.165, 1.54) is 24.1 Å². The fourth-order valence-corrected chi connectivity index (χ4v) is 4.01. The molecule has 30 heavy (non-hydrogen) atoms. The molecule has 1 amide bonds. The maximum Gasteiger partial charge on any atom is 0.295 e. The van der Waals surface area contributed by atoms with E-state index in [2.05, 4.69) is 0 Å². The summed E-state index contributed by atoms with van der Waals surface area (Å²) in [7, 11) is 1.51. The number of benzene rings is 2. The van der Waals surface area contributed by atoms with Gasteiger partial charge in [0.2, 0.25) is 0 Å². The zero-order chi connectivity index (χ0) is 21.3. The number of likely N-dealkylation sites (tertiary alicyclic amines) is 1. The number of rotatable bonds is 5. The number of Topliss-reactive ketones (excluding diaryl/α,β-unsaturated/α-hetero) is 1. The standard InChI is InChI=1S/C23H23NO6/c1-29-17-5-2-4-15(12-17)21(26)19-20(14-7-9-16(25)10-8-14)24(23(28)22(19)27)13-18-6-3-11-30-18/h2,4-5,7-10,12,18,20,25-26H,3,6,11,13H2,1H3/b21-19-. The minimum Gasteiger partial charge on any atom is -0.508 e. The number of aliphatic hydroxyl groups is 1. The number of amides is 1. The van der Waals surface area contributed by atoms with Crippen molar-refractivity contribution in [2.75, 3.05) is 20.3 Å². The van der Waals surface area contributed by atoms with Crippen molar-refractivity contribution in [3.05, 3.63) is 65.2 Å². The number of ether oxygens (including phenoxy) is 2. The fraction of sp³-hybridized carbons (Fsp3) is 0.304. The molecule has 0 aromatic heterocycles. The molecule has 2 fully saturated rings. The predicted octanol–water partition coefficient (Wildman–Crippen LogP) is 3.00. The van der Waals surface area contributed by atoms with Crippen molar-refractivity contribution in [2.45, 2.75) is 25.0 Å². The van der Waals surface area contributed by atoms with Crippen molar-refractivity contribution in [3.63, 3.8) is 0 Å². The Balaban J connectivity index is 1.82. The van der Waals surface area contributed by atoms with Crippen molar-refractivity contribution in [1.29, 1.82) is 0 Å². The van der Waals surface area contributed by atoms with Crippen molar-refractivity contribution < 1.29 is 29.3 Å². The number of phenols is 1. The van der Waals surface area contributed by atoms with Crippen LogP contribution in [0.1, 0.15) is 30.0 Å². The second-order valence-corrected chi connectivity index (χ2v) is 7.41. The Hall–Kier alpha value is -3.32. The molecule has 156 valence electrons. The summed E-state index contributed by atoms with van der Waals surface area (Å²) < 4.78 is 10.9. The van der Waals surface area contributed by atoms with E-state index in [1.54, 1.807) is 36.4 Å². The summed E-state index contributed by atoms with van der Waals surface area (Å²) in [5, 5.41) is 20.7. The average molecular weight is 409 g/mol. The summed E-state index contributed by atoms with van der Waals surface area (Å²) in [5.74, 6) is -1.09. The molecule has 0 radical (unpaired) electrons. The zero-order valence-corrected chi connectivity index (χ0v) is 16.6. The first kappa shape index (κ1) is 20.0. The summed E-state index contributed by atoms with van der Waals surface area (Å²) in [6.07, 6.45) is 1.56. The number of hydrogen-bond donors (Lipinski definition) is 2. The van der Waals surface area contributed by atoms with Crippen LogP contribution < -0.4 is 4.74 Å². The van der Waals surface area contributed by atoms with Gasteiger partial charge in [-0.1, -0.05) is 24.3 Å². The first-order valence-electron chi connectivity index (χ1n) is 9.83. The molecule has 4 rings (SSSR count). The van der Waals surface area contributed by atoms with Crippen molar-refractivity contribution in [3.8, 4) is 11.5 Å². The Morgan fingerprint density at radius 3 is 2.63 bits per heavy atom. The third-order valence-electron chi connectivity index (χ3n) is 5.52.